The molecule has 0 saturated heterocycles. The van der Waals surface area contributed by atoms with Crippen molar-refractivity contribution in [2.24, 2.45) is 0 Å². The van der Waals surface area contributed by atoms with Crippen molar-refractivity contribution < 1.29 is 14.9 Å². The fourth-order valence-electron chi connectivity index (χ4n) is 0.861. The summed E-state index contributed by atoms with van der Waals surface area (Å²) in [6.45, 7) is 7.46. The molecule has 0 aliphatic rings. The van der Waals surface area contributed by atoms with E-state index in [1.54, 1.807) is 12.2 Å². The third-order valence-electron chi connectivity index (χ3n) is 1.50. The molecule has 0 aromatic heterocycles. The zero-order valence-corrected chi connectivity index (χ0v) is 7.85. The minimum atomic E-state index is -0.520. The number of aliphatic hydroxyl groups excluding tert-OH is 2. The van der Waals surface area contributed by atoms with Gasteiger partial charge in [0, 0.05) is 0 Å². The van der Waals surface area contributed by atoms with Gasteiger partial charge in [0.15, 0.2) is 0 Å². The molecule has 0 aliphatic carbocycles. The van der Waals surface area contributed by atoms with E-state index < -0.39 is 12.2 Å². The van der Waals surface area contributed by atoms with Crippen LogP contribution >= 0.6 is 0 Å². The van der Waals surface area contributed by atoms with E-state index in [-0.39, 0.29) is 13.2 Å². The van der Waals surface area contributed by atoms with Crippen LogP contribution in [0.15, 0.2) is 25.3 Å². The van der Waals surface area contributed by atoms with Crippen molar-refractivity contribution in [2.75, 3.05) is 13.2 Å². The molecule has 0 aromatic carbocycles. The maximum absolute atomic E-state index is 9.19. The Kier molecular flexibility index (Phi) is 7.59. The lowest BCUT2D eigenvalue weighted by atomic mass is 10.2. The molecule has 0 saturated carbocycles. The van der Waals surface area contributed by atoms with E-state index in [0.717, 1.165) is 0 Å². The van der Waals surface area contributed by atoms with Gasteiger partial charge in [0.2, 0.25) is 0 Å². The predicted octanol–water partition coefficient (Wildman–Crippen LogP) is 0.877. The Morgan fingerprint density at radius 3 is 1.69 bits per heavy atom. The van der Waals surface area contributed by atoms with Crippen LogP contribution in [0.1, 0.15) is 12.8 Å². The highest BCUT2D eigenvalue weighted by Gasteiger charge is 2.04. The van der Waals surface area contributed by atoms with Gasteiger partial charge in [-0.15, -0.1) is 13.2 Å². The maximum atomic E-state index is 9.19. The van der Waals surface area contributed by atoms with E-state index in [0.29, 0.717) is 12.8 Å². The van der Waals surface area contributed by atoms with E-state index in [1.165, 1.54) is 0 Å². The maximum Gasteiger partial charge on any atom is 0.0807 e. The van der Waals surface area contributed by atoms with Crippen molar-refractivity contribution in [3.63, 3.8) is 0 Å². The molecular formula is C10H18O3. The average Bonchev–Trinajstić information content (AvgIpc) is 2.05. The summed E-state index contributed by atoms with van der Waals surface area (Å²) in [6, 6.07) is 0. The molecule has 0 heterocycles. The first-order valence-corrected chi connectivity index (χ1v) is 4.36. The molecule has 0 rings (SSSR count). The minimum Gasteiger partial charge on any atom is -0.390 e. The average molecular weight is 186 g/mol. The highest BCUT2D eigenvalue weighted by Crippen LogP contribution is 1.97. The van der Waals surface area contributed by atoms with Crippen LogP contribution in [0.2, 0.25) is 0 Å². The topological polar surface area (TPSA) is 49.7 Å². The molecule has 13 heavy (non-hydrogen) atoms. The van der Waals surface area contributed by atoms with E-state index in [2.05, 4.69) is 13.2 Å². The van der Waals surface area contributed by atoms with Crippen LogP contribution < -0.4 is 0 Å². The fraction of sp³-hybridized carbons (Fsp3) is 0.600. The summed E-state index contributed by atoms with van der Waals surface area (Å²) >= 11 is 0. The Bertz CT molecular complexity index is 129. The molecule has 3 nitrogen and oxygen atoms in total. The SMILES string of the molecule is C=CCC(O)COCC(O)CC=C. The number of hydrogen-bond donors (Lipinski definition) is 2. The van der Waals surface area contributed by atoms with Crippen LogP contribution in [-0.2, 0) is 4.74 Å². The highest BCUT2D eigenvalue weighted by atomic mass is 16.5. The monoisotopic (exact) mass is 186 g/mol. The Balaban J connectivity index is 3.32. The molecule has 0 amide bonds. The first kappa shape index (κ1) is 12.4. The normalized spacial score (nSPS) is 14.9. The standard InChI is InChI=1S/C10H18O3/c1-3-5-9(11)7-13-8-10(12)6-4-2/h3-4,9-12H,1-2,5-8H2. The van der Waals surface area contributed by atoms with Gasteiger partial charge in [-0.2, -0.15) is 0 Å². The molecule has 0 fully saturated rings. The number of aliphatic hydroxyl groups is 2. The molecule has 0 aromatic rings. The third-order valence-corrected chi connectivity index (χ3v) is 1.50. The van der Waals surface area contributed by atoms with Gasteiger partial charge >= 0.3 is 0 Å². The van der Waals surface area contributed by atoms with Gasteiger partial charge in [0.1, 0.15) is 0 Å². The predicted molar refractivity (Wildman–Crippen MR) is 52.5 cm³/mol. The van der Waals surface area contributed by atoms with Crippen molar-refractivity contribution in [1.29, 1.82) is 0 Å². The quantitative estimate of drug-likeness (QED) is 0.553. The van der Waals surface area contributed by atoms with Gasteiger partial charge in [-0.25, -0.2) is 0 Å². The van der Waals surface area contributed by atoms with Gasteiger partial charge in [0.05, 0.1) is 25.4 Å². The highest BCUT2D eigenvalue weighted by molar-refractivity contribution is 4.73. The molecule has 0 radical (unpaired) electrons. The smallest absolute Gasteiger partial charge is 0.0807 e. The number of ether oxygens (including phenoxy) is 1. The van der Waals surface area contributed by atoms with Crippen LogP contribution in [-0.4, -0.2) is 35.6 Å². The molecule has 76 valence electrons. The molecule has 0 spiro atoms. The van der Waals surface area contributed by atoms with Crippen LogP contribution in [0, 0.1) is 0 Å². The molecule has 2 unspecified atom stereocenters. The Labute approximate surface area is 79.3 Å². The Hall–Kier alpha value is -0.640. The summed E-state index contributed by atoms with van der Waals surface area (Å²) in [5.41, 5.74) is 0. The molecule has 3 heteroatoms. The van der Waals surface area contributed by atoms with Crippen LogP contribution in [0.25, 0.3) is 0 Å². The van der Waals surface area contributed by atoms with Crippen molar-refractivity contribution in [3.05, 3.63) is 25.3 Å². The summed E-state index contributed by atoms with van der Waals surface area (Å²) < 4.78 is 5.07. The summed E-state index contributed by atoms with van der Waals surface area (Å²) in [6.07, 6.45) is 3.25. The third kappa shape index (κ3) is 7.71. The van der Waals surface area contributed by atoms with Crippen molar-refractivity contribution >= 4 is 0 Å². The van der Waals surface area contributed by atoms with Crippen LogP contribution in [0.3, 0.4) is 0 Å². The second kappa shape index (κ2) is 7.98. The van der Waals surface area contributed by atoms with E-state index in [1.807, 2.05) is 0 Å². The lowest BCUT2D eigenvalue weighted by Crippen LogP contribution is -2.20. The van der Waals surface area contributed by atoms with Gasteiger partial charge in [0.25, 0.3) is 0 Å². The molecule has 0 bridgehead atoms. The van der Waals surface area contributed by atoms with Gasteiger partial charge in [-0.3, -0.25) is 0 Å². The number of rotatable bonds is 8. The lowest BCUT2D eigenvalue weighted by Gasteiger charge is -2.11. The molecule has 0 aliphatic heterocycles. The Morgan fingerprint density at radius 1 is 1.00 bits per heavy atom. The molecule has 2 N–H and O–H groups in total. The van der Waals surface area contributed by atoms with E-state index in [9.17, 15) is 10.2 Å². The summed E-state index contributed by atoms with van der Waals surface area (Å²) in [4.78, 5) is 0. The van der Waals surface area contributed by atoms with Crippen molar-refractivity contribution in [1.82, 2.24) is 0 Å². The largest absolute Gasteiger partial charge is 0.390 e. The van der Waals surface area contributed by atoms with Gasteiger partial charge in [-0.05, 0) is 12.8 Å². The zero-order chi connectivity index (χ0) is 10.1. The second-order valence-electron chi connectivity index (χ2n) is 2.89. The summed E-state index contributed by atoms with van der Waals surface area (Å²) in [5.74, 6) is 0. The summed E-state index contributed by atoms with van der Waals surface area (Å²) in [5, 5.41) is 18.4. The molecule has 2 atom stereocenters. The molecular weight excluding hydrogens is 168 g/mol. The van der Waals surface area contributed by atoms with Crippen molar-refractivity contribution in [3.8, 4) is 0 Å². The first-order chi connectivity index (χ1) is 6.20. The zero-order valence-electron chi connectivity index (χ0n) is 7.85. The van der Waals surface area contributed by atoms with Crippen LogP contribution in [0.4, 0.5) is 0 Å². The lowest BCUT2D eigenvalue weighted by molar-refractivity contribution is -0.00518. The summed E-state index contributed by atoms with van der Waals surface area (Å²) in [7, 11) is 0. The number of hydrogen-bond acceptors (Lipinski definition) is 3. The van der Waals surface area contributed by atoms with Gasteiger partial charge < -0.3 is 14.9 Å². The van der Waals surface area contributed by atoms with Crippen LogP contribution in [0.5, 0.6) is 0 Å². The Morgan fingerprint density at radius 2 is 1.38 bits per heavy atom. The second-order valence-corrected chi connectivity index (χ2v) is 2.89. The first-order valence-electron chi connectivity index (χ1n) is 4.36. The fourth-order valence-corrected chi connectivity index (χ4v) is 0.861. The van der Waals surface area contributed by atoms with Gasteiger partial charge in [-0.1, -0.05) is 12.2 Å². The van der Waals surface area contributed by atoms with E-state index >= 15 is 0 Å². The van der Waals surface area contributed by atoms with Crippen molar-refractivity contribution in [2.45, 2.75) is 25.0 Å². The van der Waals surface area contributed by atoms with E-state index in [4.69, 9.17) is 4.74 Å². The minimum absolute atomic E-state index is 0.236.